The zero-order valence-electron chi connectivity index (χ0n) is 12.6. The van der Waals surface area contributed by atoms with E-state index in [4.69, 9.17) is 0 Å². The Balaban J connectivity index is 2.05. The minimum Gasteiger partial charge on any atom is -0.378 e. The maximum atomic E-state index is 14.3. The molecule has 2 atom stereocenters. The summed E-state index contributed by atoms with van der Waals surface area (Å²) in [6, 6.07) is 4.21. The molecular formula is C17H11F4N3O. The summed E-state index contributed by atoms with van der Waals surface area (Å²) in [5.41, 5.74) is -0.160. The Hall–Kier alpha value is -2.90. The Kier molecular flexibility index (Phi) is 3.48. The van der Waals surface area contributed by atoms with E-state index < -0.39 is 41.6 Å². The maximum absolute atomic E-state index is 14.3. The van der Waals surface area contributed by atoms with Crippen LogP contribution in [0.15, 0.2) is 35.1 Å². The van der Waals surface area contributed by atoms with Crippen molar-refractivity contribution in [3.05, 3.63) is 69.4 Å². The maximum Gasteiger partial charge on any atom is 0.272 e. The highest BCUT2D eigenvalue weighted by atomic mass is 19.1. The molecule has 2 heterocycles. The fourth-order valence-corrected chi connectivity index (χ4v) is 3.35. The van der Waals surface area contributed by atoms with E-state index in [2.05, 4.69) is 15.5 Å². The van der Waals surface area contributed by atoms with E-state index in [1.54, 1.807) is 0 Å². The summed E-state index contributed by atoms with van der Waals surface area (Å²) < 4.78 is 54.9. The lowest BCUT2D eigenvalue weighted by Crippen LogP contribution is -2.36. The summed E-state index contributed by atoms with van der Waals surface area (Å²) in [7, 11) is 0. The second kappa shape index (κ2) is 5.58. The third-order valence-electron chi connectivity index (χ3n) is 4.38. The van der Waals surface area contributed by atoms with Crippen LogP contribution in [0.2, 0.25) is 0 Å². The van der Waals surface area contributed by atoms with Gasteiger partial charge in [-0.15, -0.1) is 0 Å². The Morgan fingerprint density at radius 2 is 1.88 bits per heavy atom. The van der Waals surface area contributed by atoms with E-state index in [0.717, 1.165) is 18.2 Å². The lowest BCUT2D eigenvalue weighted by molar-refractivity contribution is 0.411. The number of aromatic amines is 1. The van der Waals surface area contributed by atoms with Crippen LogP contribution in [-0.2, 0) is 0 Å². The zero-order chi connectivity index (χ0) is 17.7. The van der Waals surface area contributed by atoms with Crippen molar-refractivity contribution in [2.45, 2.75) is 12.0 Å². The minimum absolute atomic E-state index is 0.0253. The molecule has 4 rings (SSSR count). The fourth-order valence-electron chi connectivity index (χ4n) is 3.35. The van der Waals surface area contributed by atoms with Gasteiger partial charge in [-0.25, -0.2) is 22.7 Å². The smallest absolute Gasteiger partial charge is 0.272 e. The number of nitrogens with zero attached hydrogens (tertiary/aromatic N) is 1. The van der Waals surface area contributed by atoms with Gasteiger partial charge in [0.15, 0.2) is 0 Å². The van der Waals surface area contributed by atoms with Gasteiger partial charge in [0, 0.05) is 17.1 Å². The molecule has 0 spiro atoms. The molecule has 4 nitrogen and oxygen atoms in total. The summed E-state index contributed by atoms with van der Waals surface area (Å²) in [6.45, 7) is -0.903. The number of rotatable bonds is 2. The van der Waals surface area contributed by atoms with Gasteiger partial charge < -0.3 is 5.32 Å². The second-order valence-corrected chi connectivity index (χ2v) is 5.86. The highest BCUT2D eigenvalue weighted by Crippen LogP contribution is 2.41. The molecule has 0 amide bonds. The van der Waals surface area contributed by atoms with Gasteiger partial charge in [0.05, 0.1) is 23.0 Å². The van der Waals surface area contributed by atoms with Crippen molar-refractivity contribution in [3.63, 3.8) is 0 Å². The molecule has 0 bridgehead atoms. The molecule has 1 aliphatic rings. The van der Waals surface area contributed by atoms with Gasteiger partial charge >= 0.3 is 0 Å². The molecule has 2 N–H and O–H groups in total. The third-order valence-corrected chi connectivity index (χ3v) is 4.38. The number of hydrogen-bond donors (Lipinski definition) is 2. The van der Waals surface area contributed by atoms with Gasteiger partial charge in [0.1, 0.15) is 24.1 Å². The molecule has 3 aromatic rings. The molecular weight excluding hydrogens is 338 g/mol. The molecule has 25 heavy (non-hydrogen) atoms. The largest absolute Gasteiger partial charge is 0.378 e. The predicted molar refractivity (Wildman–Crippen MR) is 83.9 cm³/mol. The standard InChI is InChI=1S/C17H11F4N3O/c18-6-13-14(9-2-1-7(19)4-11(9)21)16-15-10(17(25)24-23-16)3-8(20)5-12(15)22-13/h1-5,13-14,22H,6H2,(H,24,25)/t13-,14-/m1/s1. The molecule has 1 aliphatic heterocycles. The highest BCUT2D eigenvalue weighted by Gasteiger charge is 2.35. The van der Waals surface area contributed by atoms with Crippen molar-refractivity contribution in [2.75, 3.05) is 12.0 Å². The molecule has 0 saturated carbocycles. The number of hydrogen-bond acceptors (Lipinski definition) is 3. The summed E-state index contributed by atoms with van der Waals surface area (Å²) in [4.78, 5) is 12.0. The van der Waals surface area contributed by atoms with Crippen molar-refractivity contribution in [1.29, 1.82) is 0 Å². The SMILES string of the molecule is O=c1[nH]nc2c3c(cc(F)cc13)N[C@H](CF)[C@H]2c1ccc(F)cc1F. The first-order chi connectivity index (χ1) is 12.0. The van der Waals surface area contributed by atoms with E-state index in [-0.39, 0.29) is 22.3 Å². The average molecular weight is 349 g/mol. The lowest BCUT2D eigenvalue weighted by atomic mass is 9.83. The van der Waals surface area contributed by atoms with Crippen LogP contribution in [0, 0.1) is 17.5 Å². The number of anilines is 1. The molecule has 0 saturated heterocycles. The van der Waals surface area contributed by atoms with E-state index in [1.165, 1.54) is 6.07 Å². The van der Waals surface area contributed by atoms with Crippen LogP contribution in [0.25, 0.3) is 10.8 Å². The first-order valence-corrected chi connectivity index (χ1v) is 7.49. The van der Waals surface area contributed by atoms with Crippen LogP contribution in [0.5, 0.6) is 0 Å². The Morgan fingerprint density at radius 1 is 1.08 bits per heavy atom. The lowest BCUT2D eigenvalue weighted by Gasteiger charge is -2.32. The van der Waals surface area contributed by atoms with Gasteiger partial charge in [-0.3, -0.25) is 4.79 Å². The van der Waals surface area contributed by atoms with E-state index in [9.17, 15) is 22.4 Å². The van der Waals surface area contributed by atoms with Crippen LogP contribution in [0.3, 0.4) is 0 Å². The quantitative estimate of drug-likeness (QED) is 0.699. The molecule has 2 aromatic carbocycles. The first-order valence-electron chi connectivity index (χ1n) is 7.49. The topological polar surface area (TPSA) is 57.8 Å². The Bertz CT molecular complexity index is 1050. The molecule has 0 aliphatic carbocycles. The van der Waals surface area contributed by atoms with Crippen LogP contribution in [-0.4, -0.2) is 22.9 Å². The summed E-state index contributed by atoms with van der Waals surface area (Å²) >= 11 is 0. The van der Waals surface area contributed by atoms with Crippen molar-refractivity contribution < 1.29 is 17.6 Å². The predicted octanol–water partition coefficient (Wildman–Crippen LogP) is 3.24. The normalized spacial score (nSPS) is 19.0. The Labute approximate surface area is 138 Å². The number of halogens is 4. The summed E-state index contributed by atoms with van der Waals surface area (Å²) in [6.07, 6.45) is 0. The van der Waals surface area contributed by atoms with Crippen molar-refractivity contribution in [3.8, 4) is 0 Å². The van der Waals surface area contributed by atoms with Crippen LogP contribution in [0.4, 0.5) is 23.2 Å². The van der Waals surface area contributed by atoms with Gasteiger partial charge in [-0.2, -0.15) is 5.10 Å². The van der Waals surface area contributed by atoms with Gasteiger partial charge in [0.2, 0.25) is 0 Å². The average Bonchev–Trinajstić information content (AvgIpc) is 2.57. The number of alkyl halides is 1. The van der Waals surface area contributed by atoms with Crippen LogP contribution >= 0.6 is 0 Å². The zero-order valence-corrected chi connectivity index (χ0v) is 12.6. The number of aromatic nitrogens is 2. The summed E-state index contributed by atoms with van der Waals surface area (Å²) in [5, 5.41) is 9.32. The number of nitrogens with one attached hydrogen (secondary N) is 2. The third kappa shape index (κ3) is 2.36. The van der Waals surface area contributed by atoms with Gasteiger partial charge in [-0.1, -0.05) is 6.07 Å². The minimum atomic E-state index is -0.948. The van der Waals surface area contributed by atoms with Gasteiger partial charge in [-0.05, 0) is 23.8 Å². The number of H-pyrrole nitrogens is 1. The molecule has 1 aromatic heterocycles. The molecule has 0 radical (unpaired) electrons. The fraction of sp³-hybridized carbons (Fsp3) is 0.176. The summed E-state index contributed by atoms with van der Waals surface area (Å²) in [5.74, 6) is -3.19. The van der Waals surface area contributed by atoms with Crippen LogP contribution < -0.4 is 10.9 Å². The van der Waals surface area contributed by atoms with E-state index >= 15 is 0 Å². The van der Waals surface area contributed by atoms with E-state index in [1.807, 2.05) is 0 Å². The monoisotopic (exact) mass is 349 g/mol. The number of benzene rings is 2. The molecule has 0 fully saturated rings. The molecule has 0 unspecified atom stereocenters. The molecule has 128 valence electrons. The van der Waals surface area contributed by atoms with Crippen molar-refractivity contribution in [1.82, 2.24) is 10.2 Å². The Morgan fingerprint density at radius 3 is 2.60 bits per heavy atom. The van der Waals surface area contributed by atoms with Crippen molar-refractivity contribution in [2.24, 2.45) is 0 Å². The second-order valence-electron chi connectivity index (χ2n) is 5.86. The first kappa shape index (κ1) is 15.6. The molecule has 8 heteroatoms. The van der Waals surface area contributed by atoms with E-state index in [0.29, 0.717) is 11.5 Å². The van der Waals surface area contributed by atoms with Crippen LogP contribution in [0.1, 0.15) is 17.2 Å². The highest BCUT2D eigenvalue weighted by molar-refractivity contribution is 5.97. The van der Waals surface area contributed by atoms with Gasteiger partial charge in [0.25, 0.3) is 5.56 Å². The van der Waals surface area contributed by atoms with Crippen molar-refractivity contribution >= 4 is 16.5 Å².